The van der Waals surface area contributed by atoms with Crippen molar-refractivity contribution in [2.24, 2.45) is 0 Å². The van der Waals surface area contributed by atoms with Crippen LogP contribution in [-0.4, -0.2) is 21.6 Å². The number of nitrogens with two attached hydrogens (primary N) is 1. The number of anilines is 1. The smallest absolute Gasteiger partial charge is 0.416 e. The zero-order valence-corrected chi connectivity index (χ0v) is 13.3. The number of nitrogen functional groups attached to an aromatic ring is 1. The molecule has 0 bridgehead atoms. The standard InChI is InChI=1S/C16H13F3N4O2/c1-8-10(4-3-5-21-8)23-11-6-9(16(17,18)19)7-12(25-2)13(11)14(20)22-15(23)24/h3-7H,1-2H3,(H2,20,22,24). The van der Waals surface area contributed by atoms with Crippen LogP contribution in [0.15, 0.2) is 35.3 Å². The molecule has 3 aromatic rings. The zero-order chi connectivity index (χ0) is 18.4. The minimum atomic E-state index is -4.62. The van der Waals surface area contributed by atoms with Crippen LogP contribution >= 0.6 is 0 Å². The minimum Gasteiger partial charge on any atom is -0.496 e. The molecular weight excluding hydrogens is 337 g/mol. The van der Waals surface area contributed by atoms with Crippen LogP contribution in [0.2, 0.25) is 0 Å². The lowest BCUT2D eigenvalue weighted by molar-refractivity contribution is -0.137. The molecule has 0 unspecified atom stereocenters. The van der Waals surface area contributed by atoms with Gasteiger partial charge in [-0.15, -0.1) is 0 Å². The van der Waals surface area contributed by atoms with Gasteiger partial charge in [-0.3, -0.25) is 9.55 Å². The topological polar surface area (TPSA) is 83.0 Å². The van der Waals surface area contributed by atoms with Crippen molar-refractivity contribution in [1.29, 1.82) is 0 Å². The number of hydrogen-bond acceptors (Lipinski definition) is 5. The fraction of sp³-hybridized carbons (Fsp3) is 0.188. The molecule has 0 atom stereocenters. The number of pyridine rings is 1. The van der Waals surface area contributed by atoms with Gasteiger partial charge in [0, 0.05) is 6.20 Å². The Hall–Kier alpha value is -3.10. The summed E-state index contributed by atoms with van der Waals surface area (Å²) in [7, 11) is 1.22. The highest BCUT2D eigenvalue weighted by atomic mass is 19.4. The van der Waals surface area contributed by atoms with E-state index in [9.17, 15) is 18.0 Å². The highest BCUT2D eigenvalue weighted by molar-refractivity contribution is 5.95. The van der Waals surface area contributed by atoms with Crippen LogP contribution in [0.1, 0.15) is 11.3 Å². The summed E-state index contributed by atoms with van der Waals surface area (Å²) in [4.78, 5) is 20.2. The number of hydrogen-bond donors (Lipinski definition) is 1. The molecule has 0 aliphatic rings. The van der Waals surface area contributed by atoms with Crippen molar-refractivity contribution >= 4 is 16.7 Å². The first-order valence-electron chi connectivity index (χ1n) is 7.13. The largest absolute Gasteiger partial charge is 0.496 e. The molecule has 25 heavy (non-hydrogen) atoms. The van der Waals surface area contributed by atoms with Crippen LogP contribution in [0.25, 0.3) is 16.6 Å². The Morgan fingerprint density at radius 3 is 2.60 bits per heavy atom. The van der Waals surface area contributed by atoms with Gasteiger partial charge in [0.05, 0.1) is 35.0 Å². The lowest BCUT2D eigenvalue weighted by Gasteiger charge is -2.17. The molecule has 2 aromatic heterocycles. The second-order valence-electron chi connectivity index (χ2n) is 5.29. The molecule has 0 spiro atoms. The molecule has 0 saturated carbocycles. The Kier molecular flexibility index (Phi) is 3.86. The van der Waals surface area contributed by atoms with Crippen LogP contribution in [0.3, 0.4) is 0 Å². The summed E-state index contributed by atoms with van der Waals surface area (Å²) in [5.74, 6) is -0.325. The molecule has 0 radical (unpaired) electrons. The minimum absolute atomic E-state index is 0.0553. The molecule has 0 saturated heterocycles. The highest BCUT2D eigenvalue weighted by Crippen LogP contribution is 2.38. The van der Waals surface area contributed by atoms with Gasteiger partial charge in [-0.25, -0.2) is 4.79 Å². The van der Waals surface area contributed by atoms with E-state index in [4.69, 9.17) is 10.5 Å². The van der Waals surface area contributed by atoms with E-state index in [0.717, 1.165) is 16.7 Å². The Labute approximate surface area is 139 Å². The lowest BCUT2D eigenvalue weighted by Crippen LogP contribution is -2.24. The van der Waals surface area contributed by atoms with E-state index >= 15 is 0 Å². The van der Waals surface area contributed by atoms with E-state index in [-0.39, 0.29) is 22.5 Å². The SMILES string of the molecule is COc1cc(C(F)(F)F)cc2c1c(N)nc(=O)n2-c1cccnc1C. The molecule has 0 aliphatic carbocycles. The van der Waals surface area contributed by atoms with Crippen molar-refractivity contribution < 1.29 is 17.9 Å². The van der Waals surface area contributed by atoms with Gasteiger partial charge in [0.25, 0.3) is 0 Å². The molecular formula is C16H13F3N4O2. The first-order valence-corrected chi connectivity index (χ1v) is 7.13. The van der Waals surface area contributed by atoms with Gasteiger partial charge >= 0.3 is 11.9 Å². The zero-order valence-electron chi connectivity index (χ0n) is 13.3. The van der Waals surface area contributed by atoms with Crippen LogP contribution in [0.5, 0.6) is 5.75 Å². The molecule has 9 heteroatoms. The van der Waals surface area contributed by atoms with Crippen molar-refractivity contribution in [2.75, 3.05) is 12.8 Å². The Morgan fingerprint density at radius 1 is 1.28 bits per heavy atom. The highest BCUT2D eigenvalue weighted by Gasteiger charge is 2.33. The molecule has 1 aromatic carbocycles. The summed E-state index contributed by atoms with van der Waals surface area (Å²) < 4.78 is 45.8. The van der Waals surface area contributed by atoms with Crippen LogP contribution in [-0.2, 0) is 6.18 Å². The van der Waals surface area contributed by atoms with Gasteiger partial charge < -0.3 is 10.5 Å². The van der Waals surface area contributed by atoms with Crippen molar-refractivity contribution in [3.8, 4) is 11.4 Å². The third kappa shape index (κ3) is 2.77. The van der Waals surface area contributed by atoms with E-state index in [1.807, 2.05) is 0 Å². The monoisotopic (exact) mass is 350 g/mol. The van der Waals surface area contributed by atoms with Gasteiger partial charge in [-0.2, -0.15) is 18.2 Å². The molecule has 0 aliphatic heterocycles. The number of methoxy groups -OCH3 is 1. The maximum atomic E-state index is 13.2. The molecule has 2 N–H and O–H groups in total. The number of rotatable bonds is 2. The van der Waals surface area contributed by atoms with Crippen molar-refractivity contribution in [1.82, 2.24) is 14.5 Å². The van der Waals surface area contributed by atoms with Crippen molar-refractivity contribution in [3.63, 3.8) is 0 Å². The predicted octanol–water partition coefficient (Wildman–Crippen LogP) is 2.70. The third-order valence-electron chi connectivity index (χ3n) is 3.75. The summed E-state index contributed by atoms with van der Waals surface area (Å²) in [5, 5.41) is 0.123. The quantitative estimate of drug-likeness (QED) is 0.768. The summed E-state index contributed by atoms with van der Waals surface area (Å²) in [6.07, 6.45) is -3.11. The van der Waals surface area contributed by atoms with E-state index in [1.165, 1.54) is 13.3 Å². The van der Waals surface area contributed by atoms with Crippen molar-refractivity contribution in [3.05, 3.63) is 52.2 Å². The van der Waals surface area contributed by atoms with E-state index in [2.05, 4.69) is 9.97 Å². The second-order valence-corrected chi connectivity index (χ2v) is 5.29. The summed E-state index contributed by atoms with van der Waals surface area (Å²) in [5.41, 5.74) is 4.72. The normalized spacial score (nSPS) is 11.7. The second kappa shape index (κ2) is 5.76. The predicted molar refractivity (Wildman–Crippen MR) is 85.8 cm³/mol. The average molecular weight is 350 g/mol. The Morgan fingerprint density at radius 2 is 2.00 bits per heavy atom. The van der Waals surface area contributed by atoms with Crippen LogP contribution in [0.4, 0.5) is 19.0 Å². The number of fused-ring (bicyclic) bond motifs is 1. The van der Waals surface area contributed by atoms with E-state index < -0.39 is 17.4 Å². The molecule has 6 nitrogen and oxygen atoms in total. The van der Waals surface area contributed by atoms with Gasteiger partial charge in [0.2, 0.25) is 0 Å². The summed E-state index contributed by atoms with van der Waals surface area (Å²) in [6, 6.07) is 4.81. The molecule has 0 amide bonds. The summed E-state index contributed by atoms with van der Waals surface area (Å²) >= 11 is 0. The fourth-order valence-electron chi connectivity index (χ4n) is 2.62. The number of benzene rings is 1. The summed E-state index contributed by atoms with van der Waals surface area (Å²) in [6.45, 7) is 1.63. The number of ether oxygens (including phenoxy) is 1. The maximum absolute atomic E-state index is 13.2. The number of aryl methyl sites for hydroxylation is 1. The van der Waals surface area contributed by atoms with E-state index in [0.29, 0.717) is 11.4 Å². The number of halogens is 3. The number of aromatic nitrogens is 3. The first kappa shape index (κ1) is 16.7. The fourth-order valence-corrected chi connectivity index (χ4v) is 2.62. The maximum Gasteiger partial charge on any atom is 0.416 e. The Balaban J connectivity index is 2.53. The van der Waals surface area contributed by atoms with Crippen LogP contribution in [0, 0.1) is 6.92 Å². The van der Waals surface area contributed by atoms with Gasteiger partial charge in [-0.1, -0.05) is 0 Å². The number of alkyl halides is 3. The van der Waals surface area contributed by atoms with Crippen molar-refractivity contribution in [2.45, 2.75) is 13.1 Å². The Bertz CT molecular complexity index is 1030. The average Bonchev–Trinajstić information content (AvgIpc) is 2.54. The van der Waals surface area contributed by atoms with E-state index in [1.54, 1.807) is 19.1 Å². The van der Waals surface area contributed by atoms with Gasteiger partial charge in [0.15, 0.2) is 0 Å². The lowest BCUT2D eigenvalue weighted by atomic mass is 10.1. The third-order valence-corrected chi connectivity index (χ3v) is 3.75. The van der Waals surface area contributed by atoms with Gasteiger partial charge in [0.1, 0.15) is 11.6 Å². The van der Waals surface area contributed by atoms with Crippen LogP contribution < -0.4 is 16.2 Å². The van der Waals surface area contributed by atoms with Gasteiger partial charge in [-0.05, 0) is 31.2 Å². The molecule has 2 heterocycles. The number of nitrogens with zero attached hydrogens (tertiary/aromatic N) is 3. The first-order chi connectivity index (χ1) is 11.7. The molecule has 130 valence electrons. The molecule has 0 fully saturated rings. The molecule has 3 rings (SSSR count).